The normalized spacial score (nSPS) is 11.0. The van der Waals surface area contributed by atoms with Crippen LogP contribution in [0.4, 0.5) is 35.9 Å². The standard InChI is InChI=1S/C14H9F3N4O5/c15-14(16,17)10-5-7(20(23)24)1-3-9(10)13(22)19-12-6-8(21(25)26)2-4-11(12)18/h1-6H,18H2,(H,19,22). The number of nitrogen functional groups attached to an aromatic ring is 1. The maximum atomic E-state index is 13.1. The van der Waals surface area contributed by atoms with Crippen LogP contribution in [0.25, 0.3) is 0 Å². The van der Waals surface area contributed by atoms with Crippen molar-refractivity contribution in [3.63, 3.8) is 0 Å². The minimum atomic E-state index is -5.03. The molecule has 0 unspecified atom stereocenters. The second-order valence-corrected chi connectivity index (χ2v) is 4.97. The summed E-state index contributed by atoms with van der Waals surface area (Å²) < 4.78 is 39.4. The van der Waals surface area contributed by atoms with Crippen LogP contribution in [-0.2, 0) is 6.18 Å². The lowest BCUT2D eigenvalue weighted by atomic mass is 10.0. The SMILES string of the molecule is Nc1ccc([N+](=O)[O-])cc1NC(=O)c1ccc([N+](=O)[O-])cc1C(F)(F)F. The molecule has 0 bridgehead atoms. The van der Waals surface area contributed by atoms with Gasteiger partial charge in [0.1, 0.15) is 0 Å². The molecule has 1 amide bonds. The fourth-order valence-corrected chi connectivity index (χ4v) is 2.03. The van der Waals surface area contributed by atoms with Crippen molar-refractivity contribution in [3.05, 3.63) is 67.8 Å². The molecule has 2 rings (SSSR count). The summed E-state index contributed by atoms with van der Waals surface area (Å²) in [6.07, 6.45) is -5.03. The Morgan fingerprint density at radius 3 is 2.08 bits per heavy atom. The van der Waals surface area contributed by atoms with Gasteiger partial charge in [-0.05, 0) is 12.1 Å². The van der Waals surface area contributed by atoms with Crippen LogP contribution in [0.3, 0.4) is 0 Å². The van der Waals surface area contributed by atoms with E-state index in [1.807, 2.05) is 5.32 Å². The molecule has 0 fully saturated rings. The van der Waals surface area contributed by atoms with Crippen molar-refractivity contribution in [1.29, 1.82) is 0 Å². The predicted octanol–water partition coefficient (Wildman–Crippen LogP) is 3.36. The Labute approximate surface area is 142 Å². The van der Waals surface area contributed by atoms with Crippen LogP contribution in [0.1, 0.15) is 15.9 Å². The van der Waals surface area contributed by atoms with Crippen molar-refractivity contribution in [2.24, 2.45) is 0 Å². The number of non-ortho nitro benzene ring substituents is 2. The average molecular weight is 370 g/mol. The number of alkyl halides is 3. The molecule has 0 heterocycles. The summed E-state index contributed by atoms with van der Waals surface area (Å²) >= 11 is 0. The number of hydrogen-bond donors (Lipinski definition) is 2. The fourth-order valence-electron chi connectivity index (χ4n) is 2.03. The number of nitro groups is 2. The maximum Gasteiger partial charge on any atom is 0.417 e. The summed E-state index contributed by atoms with van der Waals surface area (Å²) in [6, 6.07) is 4.65. The van der Waals surface area contributed by atoms with Gasteiger partial charge in [-0.15, -0.1) is 0 Å². The Balaban J connectivity index is 2.46. The van der Waals surface area contributed by atoms with Gasteiger partial charge in [0.15, 0.2) is 0 Å². The molecule has 2 aromatic rings. The van der Waals surface area contributed by atoms with Crippen molar-refractivity contribution in [2.75, 3.05) is 11.1 Å². The van der Waals surface area contributed by atoms with Gasteiger partial charge in [0.05, 0.1) is 32.3 Å². The number of hydrogen-bond acceptors (Lipinski definition) is 6. The molecular weight excluding hydrogens is 361 g/mol. The van der Waals surface area contributed by atoms with E-state index in [1.54, 1.807) is 0 Å². The molecule has 26 heavy (non-hydrogen) atoms. The molecule has 0 radical (unpaired) electrons. The first-order valence-electron chi connectivity index (χ1n) is 6.71. The number of amides is 1. The molecule has 136 valence electrons. The minimum Gasteiger partial charge on any atom is -0.397 e. The number of carbonyl (C=O) groups is 1. The van der Waals surface area contributed by atoms with E-state index in [0.717, 1.165) is 24.3 Å². The first kappa shape index (κ1) is 18.6. The molecule has 0 aliphatic heterocycles. The molecule has 0 saturated heterocycles. The molecule has 2 aromatic carbocycles. The zero-order valence-corrected chi connectivity index (χ0v) is 12.6. The Morgan fingerprint density at radius 2 is 1.54 bits per heavy atom. The van der Waals surface area contributed by atoms with Crippen molar-refractivity contribution in [1.82, 2.24) is 0 Å². The quantitative estimate of drug-likeness (QED) is 0.480. The monoisotopic (exact) mass is 370 g/mol. The second-order valence-electron chi connectivity index (χ2n) is 4.97. The third-order valence-corrected chi connectivity index (χ3v) is 3.26. The molecular formula is C14H9F3N4O5. The molecule has 3 N–H and O–H groups in total. The Hall–Kier alpha value is -3.70. The van der Waals surface area contributed by atoms with Gasteiger partial charge in [0, 0.05) is 24.3 Å². The van der Waals surface area contributed by atoms with E-state index in [4.69, 9.17) is 5.73 Å². The number of carbonyl (C=O) groups excluding carboxylic acids is 1. The molecule has 12 heteroatoms. The van der Waals surface area contributed by atoms with Crippen LogP contribution in [0, 0.1) is 20.2 Å². The topological polar surface area (TPSA) is 141 Å². The van der Waals surface area contributed by atoms with Crippen molar-refractivity contribution in [3.8, 4) is 0 Å². The Morgan fingerprint density at radius 1 is 1.00 bits per heavy atom. The number of nitro benzene ring substituents is 2. The van der Waals surface area contributed by atoms with E-state index >= 15 is 0 Å². The third-order valence-electron chi connectivity index (χ3n) is 3.26. The molecule has 9 nitrogen and oxygen atoms in total. The summed E-state index contributed by atoms with van der Waals surface area (Å²) in [5.74, 6) is -1.28. The molecule has 0 aliphatic rings. The molecule has 0 atom stereocenters. The highest BCUT2D eigenvalue weighted by Crippen LogP contribution is 2.35. The number of anilines is 2. The smallest absolute Gasteiger partial charge is 0.397 e. The number of nitrogens with one attached hydrogen (secondary N) is 1. The number of nitrogens with two attached hydrogens (primary N) is 1. The van der Waals surface area contributed by atoms with E-state index < -0.39 is 44.4 Å². The summed E-state index contributed by atoms with van der Waals surface area (Å²) in [4.78, 5) is 31.8. The van der Waals surface area contributed by atoms with Crippen molar-refractivity contribution in [2.45, 2.75) is 6.18 Å². The van der Waals surface area contributed by atoms with E-state index in [9.17, 15) is 38.2 Å². The fraction of sp³-hybridized carbons (Fsp3) is 0.0714. The Bertz CT molecular complexity index is 914. The van der Waals surface area contributed by atoms with E-state index in [-0.39, 0.29) is 17.4 Å². The zero-order chi connectivity index (χ0) is 19.6. The van der Waals surface area contributed by atoms with Gasteiger partial charge in [-0.25, -0.2) is 0 Å². The highest BCUT2D eigenvalue weighted by Gasteiger charge is 2.37. The van der Waals surface area contributed by atoms with Crippen LogP contribution in [0.15, 0.2) is 36.4 Å². The van der Waals surface area contributed by atoms with E-state index in [2.05, 4.69) is 0 Å². The Kier molecular flexibility index (Phi) is 4.77. The number of rotatable bonds is 4. The number of halogens is 3. The van der Waals surface area contributed by atoms with Crippen molar-refractivity contribution >= 4 is 28.7 Å². The summed E-state index contributed by atoms with van der Waals surface area (Å²) in [6.45, 7) is 0. The summed E-state index contributed by atoms with van der Waals surface area (Å²) in [5, 5.41) is 23.4. The van der Waals surface area contributed by atoms with Crippen LogP contribution in [0.5, 0.6) is 0 Å². The maximum absolute atomic E-state index is 13.1. The highest BCUT2D eigenvalue weighted by molar-refractivity contribution is 6.07. The van der Waals surface area contributed by atoms with E-state index in [0.29, 0.717) is 6.07 Å². The predicted molar refractivity (Wildman–Crippen MR) is 83.6 cm³/mol. The lowest BCUT2D eigenvalue weighted by Gasteiger charge is -2.13. The largest absolute Gasteiger partial charge is 0.417 e. The summed E-state index contributed by atoms with van der Waals surface area (Å²) in [5.41, 5.74) is 1.48. The van der Waals surface area contributed by atoms with Gasteiger partial charge >= 0.3 is 6.18 Å². The van der Waals surface area contributed by atoms with Crippen LogP contribution in [0.2, 0.25) is 0 Å². The first-order valence-corrected chi connectivity index (χ1v) is 6.71. The minimum absolute atomic E-state index is 0.112. The lowest BCUT2D eigenvalue weighted by Crippen LogP contribution is -2.19. The zero-order valence-electron chi connectivity index (χ0n) is 12.6. The highest BCUT2D eigenvalue weighted by atomic mass is 19.4. The van der Waals surface area contributed by atoms with Crippen LogP contribution in [-0.4, -0.2) is 15.8 Å². The van der Waals surface area contributed by atoms with Crippen molar-refractivity contribution < 1.29 is 27.8 Å². The molecule has 0 aliphatic carbocycles. The van der Waals surface area contributed by atoms with Gasteiger partial charge in [-0.3, -0.25) is 25.0 Å². The number of nitrogens with zero attached hydrogens (tertiary/aromatic N) is 2. The molecule has 0 spiro atoms. The van der Waals surface area contributed by atoms with Gasteiger partial charge in [0.2, 0.25) is 0 Å². The van der Waals surface area contributed by atoms with Gasteiger partial charge in [-0.2, -0.15) is 13.2 Å². The summed E-state index contributed by atoms with van der Waals surface area (Å²) in [7, 11) is 0. The average Bonchev–Trinajstić information content (AvgIpc) is 2.55. The van der Waals surface area contributed by atoms with Gasteiger partial charge < -0.3 is 11.1 Å². The second kappa shape index (κ2) is 6.66. The van der Waals surface area contributed by atoms with Crippen LogP contribution >= 0.6 is 0 Å². The number of benzene rings is 2. The van der Waals surface area contributed by atoms with E-state index in [1.165, 1.54) is 0 Å². The third kappa shape index (κ3) is 3.85. The first-order chi connectivity index (χ1) is 12.0. The molecule has 0 saturated carbocycles. The van der Waals surface area contributed by atoms with Gasteiger partial charge in [-0.1, -0.05) is 0 Å². The van der Waals surface area contributed by atoms with Crippen LogP contribution < -0.4 is 11.1 Å². The lowest BCUT2D eigenvalue weighted by molar-refractivity contribution is -0.385. The van der Waals surface area contributed by atoms with Gasteiger partial charge in [0.25, 0.3) is 17.3 Å². The molecule has 0 aromatic heterocycles.